The van der Waals surface area contributed by atoms with Crippen LogP contribution in [0.15, 0.2) is 11.0 Å². The van der Waals surface area contributed by atoms with Gasteiger partial charge in [0.15, 0.2) is 0 Å². The zero-order valence-corrected chi connectivity index (χ0v) is 14.3. The Morgan fingerprint density at radius 2 is 1.95 bits per heavy atom. The molecule has 0 atom stereocenters. The van der Waals surface area contributed by atoms with Crippen LogP contribution in [0.4, 0.5) is 0 Å². The van der Waals surface area contributed by atoms with Crippen molar-refractivity contribution in [1.29, 1.82) is 0 Å². The Bertz CT molecular complexity index is 609. The molecule has 10 heteroatoms. The molecule has 1 aromatic heterocycles. The Kier molecular flexibility index (Phi) is 5.28. The average Bonchev–Trinajstić information content (AvgIpc) is 2.69. The number of thiophene rings is 1. The van der Waals surface area contributed by atoms with Gasteiger partial charge in [0.1, 0.15) is 9.23 Å². The first-order valence-corrected chi connectivity index (χ1v) is 9.18. The van der Waals surface area contributed by atoms with E-state index in [0.717, 1.165) is 11.3 Å². The number of nitrogens with zero attached hydrogens (tertiary/aromatic N) is 2. The van der Waals surface area contributed by atoms with Gasteiger partial charge in [-0.3, -0.25) is 4.90 Å². The lowest BCUT2D eigenvalue weighted by Gasteiger charge is -2.33. The summed E-state index contributed by atoms with van der Waals surface area (Å²) < 4.78 is 26.9. The number of halogens is 2. The van der Waals surface area contributed by atoms with Crippen LogP contribution in [-0.2, 0) is 10.0 Å². The van der Waals surface area contributed by atoms with Crippen molar-refractivity contribution in [2.75, 3.05) is 32.7 Å². The van der Waals surface area contributed by atoms with Crippen LogP contribution < -0.4 is 5.73 Å². The third kappa shape index (κ3) is 3.62. The molecule has 1 aromatic rings. The van der Waals surface area contributed by atoms with E-state index in [1.54, 1.807) is 0 Å². The van der Waals surface area contributed by atoms with E-state index < -0.39 is 10.0 Å². The van der Waals surface area contributed by atoms with E-state index in [9.17, 15) is 8.42 Å². The normalized spacial score (nSPS) is 18.3. The van der Waals surface area contributed by atoms with Crippen LogP contribution in [0.2, 0.25) is 8.67 Å². The lowest BCUT2D eigenvalue weighted by Crippen LogP contribution is -2.50. The summed E-state index contributed by atoms with van der Waals surface area (Å²) in [6.07, 6.45) is 0. The predicted octanol–water partition coefficient (Wildman–Crippen LogP) is 1.65. The summed E-state index contributed by atoms with van der Waals surface area (Å²) in [6, 6.07) is 1.39. The standard InChI is InChI=1S/C10H13Cl2N3O2S3/c11-8-5-7(10(12)19-8)20(16,17)15-3-1-14(2-4-15)6-9(13)18/h5H,1-4,6H2,(H2,13,18). The van der Waals surface area contributed by atoms with E-state index in [1.165, 1.54) is 10.4 Å². The Morgan fingerprint density at radius 1 is 1.35 bits per heavy atom. The highest BCUT2D eigenvalue weighted by Crippen LogP contribution is 2.35. The fourth-order valence-corrected chi connectivity index (χ4v) is 5.71. The molecule has 0 amide bonds. The molecule has 0 saturated carbocycles. The monoisotopic (exact) mass is 373 g/mol. The highest BCUT2D eigenvalue weighted by Gasteiger charge is 2.31. The highest BCUT2D eigenvalue weighted by molar-refractivity contribution is 7.89. The summed E-state index contributed by atoms with van der Waals surface area (Å²) >= 11 is 17.6. The summed E-state index contributed by atoms with van der Waals surface area (Å²) in [7, 11) is -3.59. The van der Waals surface area contributed by atoms with Crippen LogP contribution in [-0.4, -0.2) is 55.3 Å². The molecule has 20 heavy (non-hydrogen) atoms. The van der Waals surface area contributed by atoms with Gasteiger partial charge in [-0.1, -0.05) is 35.4 Å². The van der Waals surface area contributed by atoms with Crippen molar-refractivity contribution in [3.8, 4) is 0 Å². The van der Waals surface area contributed by atoms with Crippen molar-refractivity contribution >= 4 is 61.8 Å². The Hall–Kier alpha value is 0.0400. The summed E-state index contributed by atoms with van der Waals surface area (Å²) in [5, 5.41) is 0. The first-order valence-electron chi connectivity index (χ1n) is 5.76. The van der Waals surface area contributed by atoms with Gasteiger partial charge in [0, 0.05) is 32.7 Å². The van der Waals surface area contributed by atoms with Gasteiger partial charge in [-0.05, 0) is 6.07 Å². The minimum Gasteiger partial charge on any atom is -0.392 e. The van der Waals surface area contributed by atoms with Crippen molar-refractivity contribution in [2.45, 2.75) is 4.90 Å². The lowest BCUT2D eigenvalue weighted by atomic mass is 10.3. The number of piperazine rings is 1. The van der Waals surface area contributed by atoms with E-state index in [0.29, 0.717) is 42.0 Å². The molecule has 1 aliphatic heterocycles. The minimum atomic E-state index is -3.59. The topological polar surface area (TPSA) is 66.6 Å². The van der Waals surface area contributed by atoms with Crippen molar-refractivity contribution < 1.29 is 8.42 Å². The summed E-state index contributed by atoms with van der Waals surface area (Å²) in [4.78, 5) is 2.52. The number of hydrogen-bond donors (Lipinski definition) is 1. The van der Waals surface area contributed by atoms with Crippen molar-refractivity contribution in [1.82, 2.24) is 9.21 Å². The molecule has 0 bridgehead atoms. The number of thiocarbonyl (C=S) groups is 1. The second-order valence-electron chi connectivity index (χ2n) is 4.34. The second kappa shape index (κ2) is 6.43. The molecule has 0 unspecified atom stereocenters. The third-order valence-corrected chi connectivity index (χ3v) is 6.73. The zero-order valence-electron chi connectivity index (χ0n) is 10.4. The first kappa shape index (κ1) is 16.4. The van der Waals surface area contributed by atoms with Crippen LogP contribution in [0.1, 0.15) is 0 Å². The van der Waals surface area contributed by atoms with E-state index in [-0.39, 0.29) is 9.23 Å². The number of sulfonamides is 1. The molecule has 1 aliphatic rings. The molecule has 1 fully saturated rings. The molecular formula is C10H13Cl2N3O2S3. The number of hydrogen-bond acceptors (Lipinski definition) is 5. The van der Waals surface area contributed by atoms with Gasteiger partial charge in [-0.25, -0.2) is 8.42 Å². The molecule has 2 heterocycles. The van der Waals surface area contributed by atoms with E-state index in [4.69, 9.17) is 41.2 Å². The Labute approximate surface area is 137 Å². The molecule has 0 aromatic carbocycles. The minimum absolute atomic E-state index is 0.0805. The van der Waals surface area contributed by atoms with Crippen LogP contribution >= 0.6 is 46.8 Å². The predicted molar refractivity (Wildman–Crippen MR) is 86.3 cm³/mol. The second-order valence-corrected chi connectivity index (χ2v) is 9.05. The zero-order chi connectivity index (χ0) is 14.9. The van der Waals surface area contributed by atoms with E-state index in [1.807, 2.05) is 4.90 Å². The maximum absolute atomic E-state index is 12.5. The van der Waals surface area contributed by atoms with Gasteiger partial charge in [0.2, 0.25) is 10.0 Å². The molecule has 0 spiro atoms. The lowest BCUT2D eigenvalue weighted by molar-refractivity contribution is 0.209. The fourth-order valence-electron chi connectivity index (χ4n) is 1.99. The molecule has 2 N–H and O–H groups in total. The molecule has 2 rings (SSSR count). The van der Waals surface area contributed by atoms with Crippen molar-refractivity contribution in [3.63, 3.8) is 0 Å². The molecule has 5 nitrogen and oxygen atoms in total. The van der Waals surface area contributed by atoms with E-state index >= 15 is 0 Å². The van der Waals surface area contributed by atoms with Crippen LogP contribution in [0.25, 0.3) is 0 Å². The number of rotatable bonds is 4. The molecule has 0 radical (unpaired) electrons. The van der Waals surface area contributed by atoms with Gasteiger partial charge >= 0.3 is 0 Å². The molecule has 112 valence electrons. The van der Waals surface area contributed by atoms with Gasteiger partial charge in [-0.2, -0.15) is 4.31 Å². The Morgan fingerprint density at radius 3 is 2.40 bits per heavy atom. The Balaban J connectivity index is 2.10. The quantitative estimate of drug-likeness (QED) is 0.812. The largest absolute Gasteiger partial charge is 0.392 e. The third-order valence-electron chi connectivity index (χ3n) is 2.95. The smallest absolute Gasteiger partial charge is 0.245 e. The van der Waals surface area contributed by atoms with Gasteiger partial charge < -0.3 is 5.73 Å². The van der Waals surface area contributed by atoms with Crippen molar-refractivity contribution in [3.05, 3.63) is 14.7 Å². The fraction of sp³-hybridized carbons (Fsp3) is 0.500. The molecule has 1 saturated heterocycles. The average molecular weight is 374 g/mol. The summed E-state index contributed by atoms with van der Waals surface area (Å²) in [5.41, 5.74) is 5.48. The van der Waals surface area contributed by atoms with Crippen molar-refractivity contribution in [2.24, 2.45) is 5.73 Å². The van der Waals surface area contributed by atoms with Gasteiger partial charge in [0.05, 0.1) is 9.32 Å². The first-order chi connectivity index (χ1) is 9.30. The maximum atomic E-state index is 12.5. The SMILES string of the molecule is NC(=S)CN1CCN(S(=O)(=O)c2cc(Cl)sc2Cl)CC1. The summed E-state index contributed by atoms with van der Waals surface area (Å²) in [5.74, 6) is 0. The van der Waals surface area contributed by atoms with Gasteiger partial charge in [-0.15, -0.1) is 11.3 Å². The van der Waals surface area contributed by atoms with E-state index in [2.05, 4.69) is 0 Å². The van der Waals surface area contributed by atoms with Gasteiger partial charge in [0.25, 0.3) is 0 Å². The van der Waals surface area contributed by atoms with Crippen LogP contribution in [0.3, 0.4) is 0 Å². The number of nitrogens with two attached hydrogens (primary N) is 1. The van der Waals surface area contributed by atoms with Crippen LogP contribution in [0, 0.1) is 0 Å². The molecule has 0 aliphatic carbocycles. The van der Waals surface area contributed by atoms with Crippen LogP contribution in [0.5, 0.6) is 0 Å². The highest BCUT2D eigenvalue weighted by atomic mass is 35.5. The summed E-state index contributed by atoms with van der Waals surface area (Å²) in [6.45, 7) is 2.45. The maximum Gasteiger partial charge on any atom is 0.245 e. The molecular weight excluding hydrogens is 361 g/mol.